The van der Waals surface area contributed by atoms with Crippen molar-refractivity contribution >= 4 is 39.3 Å². The number of carboxylic acid groups (broad SMARTS) is 1. The van der Waals surface area contributed by atoms with E-state index in [9.17, 15) is 14.3 Å². The number of aromatic carboxylic acids is 1. The maximum atomic E-state index is 14.9. The van der Waals surface area contributed by atoms with Gasteiger partial charge in [-0.05, 0) is 74.5 Å². The van der Waals surface area contributed by atoms with Gasteiger partial charge in [0.15, 0.2) is 0 Å². The van der Waals surface area contributed by atoms with Crippen LogP contribution in [0.4, 0.5) is 4.39 Å². The zero-order valence-electron chi connectivity index (χ0n) is 22.7. The Balaban J connectivity index is 1.07. The molecule has 7 nitrogen and oxygen atoms in total. The summed E-state index contributed by atoms with van der Waals surface area (Å²) in [5, 5.41) is 9.84. The molecule has 41 heavy (non-hydrogen) atoms. The molecule has 3 aliphatic heterocycles. The van der Waals surface area contributed by atoms with Crippen molar-refractivity contribution < 1.29 is 23.8 Å². The fourth-order valence-electron chi connectivity index (χ4n) is 6.51. The van der Waals surface area contributed by atoms with Crippen LogP contribution in [0.15, 0.2) is 42.5 Å². The summed E-state index contributed by atoms with van der Waals surface area (Å²) in [6.45, 7) is 5.96. The summed E-state index contributed by atoms with van der Waals surface area (Å²) in [6, 6.07) is 12.9. The average Bonchev–Trinajstić information content (AvgIpc) is 3.57. The number of nitrogens with zero attached hydrogens (tertiary/aromatic N) is 3. The minimum atomic E-state index is -0.918. The van der Waals surface area contributed by atoms with Crippen molar-refractivity contribution in [2.45, 2.75) is 63.3 Å². The molecule has 4 aromatic rings. The van der Waals surface area contributed by atoms with Crippen LogP contribution in [0.3, 0.4) is 0 Å². The van der Waals surface area contributed by atoms with E-state index in [1.54, 1.807) is 18.2 Å². The topological polar surface area (TPSA) is 76.8 Å². The minimum absolute atomic E-state index is 0.150. The number of hydrogen-bond donors (Lipinski definition) is 1. The van der Waals surface area contributed by atoms with Gasteiger partial charge in [0.2, 0.25) is 0 Å². The number of hydrogen-bond acceptors (Lipinski definition) is 6. The lowest BCUT2D eigenvalue weighted by molar-refractivity contribution is -0.0592. The molecule has 214 valence electrons. The van der Waals surface area contributed by atoms with Crippen molar-refractivity contribution in [2.75, 3.05) is 19.7 Å². The molecule has 2 saturated heterocycles. The molecule has 2 atom stereocenters. The van der Waals surface area contributed by atoms with E-state index in [1.165, 1.54) is 23.0 Å². The second-order valence-electron chi connectivity index (χ2n) is 11.5. The number of likely N-dealkylation sites (tertiary alicyclic amines) is 1. The largest absolute Gasteiger partial charge is 0.482 e. The van der Waals surface area contributed by atoms with Gasteiger partial charge in [0.1, 0.15) is 32.7 Å². The maximum absolute atomic E-state index is 14.9. The Bertz CT molecular complexity index is 1640. The van der Waals surface area contributed by atoms with E-state index in [4.69, 9.17) is 26.1 Å². The van der Waals surface area contributed by atoms with E-state index in [-0.39, 0.29) is 11.9 Å². The molecular formula is C31H31ClFN3O4S. The Morgan fingerprint density at radius 3 is 2.73 bits per heavy atom. The molecule has 0 spiro atoms. The third-order valence-electron chi connectivity index (χ3n) is 8.79. The second-order valence-corrected chi connectivity index (χ2v) is 13.0. The van der Waals surface area contributed by atoms with E-state index in [0.29, 0.717) is 40.9 Å². The molecule has 0 amide bonds. The van der Waals surface area contributed by atoms with Gasteiger partial charge in [-0.25, -0.2) is 14.2 Å². The summed E-state index contributed by atoms with van der Waals surface area (Å²) < 4.78 is 29.3. The van der Waals surface area contributed by atoms with Crippen molar-refractivity contribution in [3.8, 4) is 5.75 Å². The van der Waals surface area contributed by atoms with E-state index in [0.717, 1.165) is 66.4 Å². The van der Waals surface area contributed by atoms with Crippen LogP contribution in [0.2, 0.25) is 5.02 Å². The van der Waals surface area contributed by atoms with Crippen LogP contribution >= 0.6 is 22.9 Å². The normalized spacial score (nSPS) is 23.0. The molecule has 0 aliphatic carbocycles. The van der Waals surface area contributed by atoms with Crippen molar-refractivity contribution in [2.24, 2.45) is 0 Å². The fourth-order valence-corrected chi connectivity index (χ4v) is 7.56. The maximum Gasteiger partial charge on any atom is 0.346 e. The average molecular weight is 596 g/mol. The Kier molecular flexibility index (Phi) is 6.81. The number of para-hydroxylation sites is 1. The number of rotatable bonds is 7. The Labute approximate surface area is 246 Å². The number of piperidine rings is 1. The molecule has 5 heterocycles. The number of imidazole rings is 1. The molecule has 3 aliphatic rings. The van der Waals surface area contributed by atoms with Crippen molar-refractivity contribution in [3.63, 3.8) is 0 Å². The number of carbonyl (C=O) groups is 1. The summed E-state index contributed by atoms with van der Waals surface area (Å²) in [6.07, 6.45) is 3.73. The quantitative estimate of drug-likeness (QED) is 0.259. The summed E-state index contributed by atoms with van der Waals surface area (Å²) in [5.74, 6) is 0.945. The van der Waals surface area contributed by atoms with E-state index in [1.807, 2.05) is 6.92 Å². The monoisotopic (exact) mass is 595 g/mol. The number of thiophene rings is 1. The van der Waals surface area contributed by atoms with E-state index >= 15 is 0 Å². The predicted molar refractivity (Wildman–Crippen MR) is 156 cm³/mol. The highest BCUT2D eigenvalue weighted by molar-refractivity contribution is 7.20. The number of ether oxygens (including phenoxy) is 2. The first kappa shape index (κ1) is 26.9. The molecule has 10 heteroatoms. The Morgan fingerprint density at radius 2 is 2.02 bits per heavy atom. The van der Waals surface area contributed by atoms with Crippen LogP contribution in [0.5, 0.6) is 5.75 Å². The molecule has 2 aromatic heterocycles. The molecule has 0 bridgehead atoms. The Morgan fingerprint density at radius 1 is 1.22 bits per heavy atom. The van der Waals surface area contributed by atoms with Crippen molar-refractivity contribution in [1.82, 2.24) is 14.5 Å². The fraction of sp³-hybridized carbons (Fsp3) is 0.419. The first-order valence-corrected chi connectivity index (χ1v) is 15.3. The summed E-state index contributed by atoms with van der Waals surface area (Å²) in [7, 11) is 0. The number of carboxylic acids is 1. The van der Waals surface area contributed by atoms with Crippen molar-refractivity contribution in [3.05, 3.63) is 80.7 Å². The molecule has 0 saturated carbocycles. The molecule has 0 radical (unpaired) electrons. The van der Waals surface area contributed by atoms with Crippen LogP contribution in [0, 0.1) is 5.82 Å². The lowest BCUT2D eigenvalue weighted by Gasteiger charge is -2.33. The third kappa shape index (κ3) is 4.92. The van der Waals surface area contributed by atoms with Crippen LogP contribution < -0.4 is 4.74 Å². The summed E-state index contributed by atoms with van der Waals surface area (Å²) >= 11 is 7.23. The number of aromatic nitrogens is 2. The highest BCUT2D eigenvalue weighted by atomic mass is 35.5. The lowest BCUT2D eigenvalue weighted by atomic mass is 9.86. The second kappa shape index (κ2) is 10.4. The molecule has 2 aromatic carbocycles. The smallest absolute Gasteiger partial charge is 0.346 e. The molecular weight excluding hydrogens is 565 g/mol. The first-order chi connectivity index (χ1) is 19.8. The molecule has 1 N–H and O–H groups in total. The van der Waals surface area contributed by atoms with Gasteiger partial charge in [0, 0.05) is 23.6 Å². The molecule has 2 fully saturated rings. The van der Waals surface area contributed by atoms with E-state index < -0.39 is 11.6 Å². The lowest BCUT2D eigenvalue weighted by Crippen LogP contribution is -2.35. The summed E-state index contributed by atoms with van der Waals surface area (Å²) in [4.78, 5) is 19.9. The number of halogens is 2. The van der Waals surface area contributed by atoms with Gasteiger partial charge in [-0.2, -0.15) is 0 Å². The van der Waals surface area contributed by atoms with Gasteiger partial charge in [-0.1, -0.05) is 35.9 Å². The van der Waals surface area contributed by atoms with Crippen LogP contribution in [0.25, 0.3) is 10.3 Å². The van der Waals surface area contributed by atoms with Crippen LogP contribution in [-0.4, -0.2) is 51.3 Å². The van der Waals surface area contributed by atoms with Crippen molar-refractivity contribution in [1.29, 1.82) is 0 Å². The zero-order valence-corrected chi connectivity index (χ0v) is 24.3. The highest BCUT2D eigenvalue weighted by Gasteiger charge is 2.41. The minimum Gasteiger partial charge on any atom is -0.482 e. The van der Waals surface area contributed by atoms with Gasteiger partial charge >= 0.3 is 5.97 Å². The Hall–Kier alpha value is -2.98. The standard InChI is InChI=1S/C31H31ClFN3O4S/c1-31(23-6-5-20(32)13-24(23)33)15-19-3-2-4-22(28(19)40-31)18-7-10-35(11-8-18)17-27-34-29-25(14-26(41-29)30(37)38)36(27)16-21-9-12-39-21/h2-6,13-14,18,21H,7-12,15-17H2,1H3,(H,37,38). The van der Waals surface area contributed by atoms with Gasteiger partial charge in [0.25, 0.3) is 0 Å². The van der Waals surface area contributed by atoms with Gasteiger partial charge in [-0.15, -0.1) is 11.3 Å². The van der Waals surface area contributed by atoms with Gasteiger partial charge < -0.3 is 19.1 Å². The zero-order chi connectivity index (χ0) is 28.3. The van der Waals surface area contributed by atoms with Crippen LogP contribution in [0.1, 0.15) is 64.3 Å². The number of fused-ring (bicyclic) bond motifs is 2. The first-order valence-electron chi connectivity index (χ1n) is 14.1. The van der Waals surface area contributed by atoms with Gasteiger partial charge in [-0.3, -0.25) is 4.90 Å². The van der Waals surface area contributed by atoms with Crippen LogP contribution in [-0.2, 0) is 29.8 Å². The predicted octanol–water partition coefficient (Wildman–Crippen LogP) is 6.61. The number of benzene rings is 2. The third-order valence-corrected chi connectivity index (χ3v) is 10.0. The SMILES string of the molecule is CC1(c2ccc(Cl)cc2F)Cc2cccc(C3CCN(Cc4nc5sc(C(=O)O)cc5n4CC4CCO4)CC3)c2O1. The summed E-state index contributed by atoms with van der Waals surface area (Å²) in [5.41, 5.74) is 2.94. The van der Waals surface area contributed by atoms with E-state index in [2.05, 4.69) is 27.7 Å². The highest BCUT2D eigenvalue weighted by Crippen LogP contribution is 2.47. The molecule has 7 rings (SSSR count). The van der Waals surface area contributed by atoms with Gasteiger partial charge in [0.05, 0.1) is 24.7 Å². The molecule has 2 unspecified atom stereocenters.